The van der Waals surface area contributed by atoms with Crippen molar-refractivity contribution in [3.05, 3.63) is 66.2 Å². The van der Waals surface area contributed by atoms with Gasteiger partial charge in [0.25, 0.3) is 0 Å². The second-order valence-corrected chi connectivity index (χ2v) is 10.6. The number of rotatable bonds is 8. The van der Waals surface area contributed by atoms with Crippen LogP contribution in [0.15, 0.2) is 60.7 Å². The Balaban J connectivity index is 0.00000289. The van der Waals surface area contributed by atoms with Crippen molar-refractivity contribution in [1.29, 1.82) is 0 Å². The molecular weight excluding hydrogens is 504 g/mol. The summed E-state index contributed by atoms with van der Waals surface area (Å²) in [5, 5.41) is 0. The van der Waals surface area contributed by atoms with E-state index in [1.54, 1.807) is 0 Å². The number of nitrogens with zero attached hydrogens (tertiary/aromatic N) is 2. The van der Waals surface area contributed by atoms with Crippen molar-refractivity contribution in [3.63, 3.8) is 0 Å². The Hall–Kier alpha value is -1.89. The Morgan fingerprint density at radius 1 is 0.971 bits per heavy atom. The van der Waals surface area contributed by atoms with E-state index in [0.717, 1.165) is 67.7 Å². The first-order chi connectivity index (χ1) is 16.6. The third kappa shape index (κ3) is 5.60. The first-order valence-corrected chi connectivity index (χ1v) is 13.1. The van der Waals surface area contributed by atoms with E-state index in [9.17, 15) is 4.79 Å². The third-order valence-corrected chi connectivity index (χ3v) is 8.60. The topological polar surface area (TPSA) is 38.8 Å². The van der Waals surface area contributed by atoms with Gasteiger partial charge in [-0.2, -0.15) is 0 Å². The number of fused-ring (bicyclic) bond motifs is 3. The summed E-state index contributed by atoms with van der Waals surface area (Å²) in [5.41, 5.74) is 0.318. The lowest BCUT2D eigenvalue weighted by molar-refractivity contribution is -0.946. The van der Waals surface area contributed by atoms with Crippen molar-refractivity contribution in [1.82, 2.24) is 4.90 Å². The highest BCUT2D eigenvalue weighted by atomic mass is 79.9. The number of hydrogen-bond donors (Lipinski definition) is 0. The van der Waals surface area contributed by atoms with Gasteiger partial charge in [0.05, 0.1) is 13.1 Å². The normalized spacial score (nSPS) is 27.9. The van der Waals surface area contributed by atoms with Gasteiger partial charge in [-0.3, -0.25) is 4.90 Å². The smallest absolute Gasteiger partial charge is 0.331 e. The summed E-state index contributed by atoms with van der Waals surface area (Å²) in [5.74, 6) is 1.34. The number of piperidine rings is 4. The van der Waals surface area contributed by atoms with Gasteiger partial charge in [-0.15, -0.1) is 0 Å². The summed E-state index contributed by atoms with van der Waals surface area (Å²) < 4.78 is 13.5. The summed E-state index contributed by atoms with van der Waals surface area (Å²) >= 11 is 0. The van der Waals surface area contributed by atoms with Crippen LogP contribution in [0.4, 0.5) is 0 Å². The molecule has 5 nitrogen and oxygen atoms in total. The van der Waals surface area contributed by atoms with E-state index in [2.05, 4.69) is 24.0 Å². The molecule has 2 bridgehead atoms. The van der Waals surface area contributed by atoms with Crippen molar-refractivity contribution in [2.75, 3.05) is 45.9 Å². The fraction of sp³-hybridized carbons (Fsp3) is 0.552. The van der Waals surface area contributed by atoms with Crippen LogP contribution in [0.1, 0.15) is 44.6 Å². The van der Waals surface area contributed by atoms with Crippen molar-refractivity contribution >= 4 is 5.97 Å². The molecule has 0 aliphatic carbocycles. The van der Waals surface area contributed by atoms with E-state index in [1.807, 2.05) is 48.5 Å². The third-order valence-electron chi connectivity index (χ3n) is 8.60. The Bertz CT molecular complexity index is 943. The fourth-order valence-electron chi connectivity index (χ4n) is 6.33. The van der Waals surface area contributed by atoms with Gasteiger partial charge in [0.1, 0.15) is 31.0 Å². The molecule has 0 aromatic heterocycles. The maximum Gasteiger partial charge on any atom is 0.331 e. The van der Waals surface area contributed by atoms with Crippen molar-refractivity contribution in [3.8, 4) is 5.75 Å². The maximum absolute atomic E-state index is 13.9. The van der Waals surface area contributed by atoms with Gasteiger partial charge in [0.15, 0.2) is 6.10 Å². The van der Waals surface area contributed by atoms with E-state index in [-0.39, 0.29) is 29.1 Å². The largest absolute Gasteiger partial charge is 1.00 e. The van der Waals surface area contributed by atoms with Gasteiger partial charge in [0, 0.05) is 18.8 Å². The van der Waals surface area contributed by atoms with Gasteiger partial charge < -0.3 is 30.9 Å². The summed E-state index contributed by atoms with van der Waals surface area (Å²) in [6.45, 7) is 8.89. The standard InChI is InChI=1S/C29H39N2O3.BrH/c1-29(25-11-5-2-6-12-25,30-17-9-4-10-18-30)28(32)34-27-23-31(19-15-24(27)16-20-31)21-22-33-26-13-7-3-8-14-26;/h2-3,5-8,11-14,24,27H,4,9-10,15-23H2,1H3;1H/q+1;/p-1/t24?,27-,29-,31?;/m0./s1. The van der Waals surface area contributed by atoms with Crippen molar-refractivity contribution < 1.29 is 35.7 Å². The van der Waals surface area contributed by atoms with E-state index in [4.69, 9.17) is 9.47 Å². The predicted molar refractivity (Wildman–Crippen MR) is 133 cm³/mol. The van der Waals surface area contributed by atoms with Gasteiger partial charge >= 0.3 is 5.97 Å². The molecule has 6 rings (SSSR count). The number of quaternary nitrogens is 1. The number of esters is 1. The molecule has 35 heavy (non-hydrogen) atoms. The Morgan fingerprint density at radius 3 is 2.26 bits per heavy atom. The fourth-order valence-corrected chi connectivity index (χ4v) is 6.33. The molecule has 0 N–H and O–H groups in total. The van der Waals surface area contributed by atoms with Crippen LogP contribution in [-0.4, -0.2) is 67.3 Å². The molecule has 0 saturated carbocycles. The number of ether oxygens (including phenoxy) is 2. The molecule has 6 heteroatoms. The highest BCUT2D eigenvalue weighted by molar-refractivity contribution is 5.82. The molecule has 4 saturated heterocycles. The Labute approximate surface area is 220 Å². The van der Waals surface area contributed by atoms with Crippen molar-refractivity contribution in [2.24, 2.45) is 5.92 Å². The van der Waals surface area contributed by atoms with Gasteiger partial charge in [0.2, 0.25) is 0 Å². The van der Waals surface area contributed by atoms with E-state index < -0.39 is 5.54 Å². The Kier molecular flexibility index (Phi) is 8.56. The second kappa shape index (κ2) is 11.4. The summed E-state index contributed by atoms with van der Waals surface area (Å²) in [4.78, 5) is 16.3. The Morgan fingerprint density at radius 2 is 1.60 bits per heavy atom. The number of likely N-dealkylation sites (tertiary alicyclic amines) is 1. The number of carbonyl (C=O) groups is 1. The lowest BCUT2D eigenvalue weighted by Gasteiger charge is -2.52. The van der Waals surface area contributed by atoms with Crippen LogP contribution in [-0.2, 0) is 15.1 Å². The number of halogens is 1. The molecule has 0 unspecified atom stereocenters. The van der Waals surface area contributed by atoms with E-state index >= 15 is 0 Å². The lowest BCUT2D eigenvalue weighted by atomic mass is 9.82. The van der Waals surface area contributed by atoms with E-state index in [0.29, 0.717) is 12.5 Å². The van der Waals surface area contributed by atoms with Crippen LogP contribution in [0.5, 0.6) is 5.75 Å². The average Bonchev–Trinajstić information content (AvgIpc) is 2.90. The molecular formula is C29H39BrN2O3. The molecule has 2 aromatic rings. The SMILES string of the molecule is C[C@@](C(=O)O[C@H]1C[N+]2(CCOc3ccccc3)CCC1CC2)(c1ccccc1)N1CCCCC1.[Br-]. The highest BCUT2D eigenvalue weighted by Crippen LogP contribution is 2.38. The lowest BCUT2D eigenvalue weighted by Crippen LogP contribution is -3.00. The van der Waals surface area contributed by atoms with Crippen LogP contribution in [0.2, 0.25) is 0 Å². The highest BCUT2D eigenvalue weighted by Gasteiger charge is 2.50. The first-order valence-electron chi connectivity index (χ1n) is 13.1. The molecule has 0 amide bonds. The molecule has 4 fully saturated rings. The minimum absolute atomic E-state index is 0. The number of carbonyl (C=O) groups excluding carboxylic acids is 1. The van der Waals surface area contributed by atoms with Crippen LogP contribution < -0.4 is 21.7 Å². The number of para-hydroxylation sites is 1. The summed E-state index contributed by atoms with van der Waals surface area (Å²) in [6, 6.07) is 20.3. The summed E-state index contributed by atoms with van der Waals surface area (Å²) in [7, 11) is 0. The van der Waals surface area contributed by atoms with Gasteiger partial charge in [-0.25, -0.2) is 4.79 Å². The predicted octanol–water partition coefficient (Wildman–Crippen LogP) is 1.62. The minimum atomic E-state index is -0.727. The zero-order chi connectivity index (χ0) is 23.4. The minimum Gasteiger partial charge on any atom is -1.00 e. The molecule has 4 aliphatic rings. The zero-order valence-corrected chi connectivity index (χ0v) is 22.5. The quantitative estimate of drug-likeness (QED) is 0.375. The number of benzene rings is 2. The second-order valence-electron chi connectivity index (χ2n) is 10.6. The van der Waals surface area contributed by atoms with Gasteiger partial charge in [-0.1, -0.05) is 55.0 Å². The molecule has 2 aromatic carbocycles. The van der Waals surface area contributed by atoms with Crippen LogP contribution >= 0.6 is 0 Å². The summed E-state index contributed by atoms with van der Waals surface area (Å²) in [6.07, 6.45) is 5.79. The molecule has 0 spiro atoms. The average molecular weight is 544 g/mol. The molecule has 0 radical (unpaired) electrons. The van der Waals surface area contributed by atoms with E-state index in [1.165, 1.54) is 19.5 Å². The monoisotopic (exact) mass is 542 g/mol. The van der Waals surface area contributed by atoms with Gasteiger partial charge in [-0.05, 0) is 50.6 Å². The van der Waals surface area contributed by atoms with Crippen LogP contribution in [0.3, 0.4) is 0 Å². The van der Waals surface area contributed by atoms with Crippen LogP contribution in [0, 0.1) is 5.92 Å². The molecule has 4 aliphatic heterocycles. The number of hydrogen-bond acceptors (Lipinski definition) is 4. The molecule has 190 valence electrons. The van der Waals surface area contributed by atoms with Crippen molar-refractivity contribution in [2.45, 2.75) is 50.7 Å². The maximum atomic E-state index is 13.9. The molecule has 4 heterocycles. The van der Waals surface area contributed by atoms with Crippen LogP contribution in [0.25, 0.3) is 0 Å². The zero-order valence-electron chi connectivity index (χ0n) is 20.9. The first kappa shape index (κ1) is 26.2. The molecule has 2 atom stereocenters.